The summed E-state index contributed by atoms with van der Waals surface area (Å²) in [7, 11) is 0. The summed E-state index contributed by atoms with van der Waals surface area (Å²) < 4.78 is 17.5. The van der Waals surface area contributed by atoms with E-state index in [1.807, 2.05) is 42.7 Å². The van der Waals surface area contributed by atoms with Gasteiger partial charge in [-0.2, -0.15) is 0 Å². The van der Waals surface area contributed by atoms with Crippen LogP contribution in [0.3, 0.4) is 0 Å². The van der Waals surface area contributed by atoms with E-state index in [4.69, 9.17) is 5.11 Å². The molecule has 1 heterocycles. The zero-order chi connectivity index (χ0) is 22.4. The van der Waals surface area contributed by atoms with Crippen molar-refractivity contribution in [3.8, 4) is 0 Å². The van der Waals surface area contributed by atoms with Gasteiger partial charge in [0.25, 0.3) is 5.91 Å². The van der Waals surface area contributed by atoms with Crippen LogP contribution in [0.25, 0.3) is 10.9 Å². The number of fused-ring (bicyclic) bond motifs is 1. The maximum atomic E-state index is 14.5. The number of hydrogen-bond acceptors (Lipinski definition) is 2. The maximum Gasteiger partial charge on any atom is 0.303 e. The van der Waals surface area contributed by atoms with E-state index in [2.05, 4.69) is 27.9 Å². The second kappa shape index (κ2) is 7.93. The Bertz CT molecular complexity index is 1160. The smallest absolute Gasteiger partial charge is 0.303 e. The number of aliphatic carboxylic acids is 1. The third kappa shape index (κ3) is 4.46. The van der Waals surface area contributed by atoms with E-state index < -0.39 is 11.5 Å². The molecule has 0 unspecified atom stereocenters. The first-order chi connectivity index (χ1) is 14.6. The predicted molar refractivity (Wildman–Crippen MR) is 126 cm³/mol. The number of rotatable bonds is 6. The zero-order valence-corrected chi connectivity index (χ0v) is 19.6. The zero-order valence-electron chi connectivity index (χ0n) is 17.4. The SMILES string of the molecule is CC1(CC(=O)O)CC(C)(NC(=O)c2ccc(F)c3ccn(Cc4ccc(I)cc4)c23)C1. The predicted octanol–water partition coefficient (Wildman–Crippen LogP) is 5.20. The number of carbonyl (C=O) groups excluding carboxylic acids is 1. The van der Waals surface area contributed by atoms with Gasteiger partial charge in [-0.25, -0.2) is 4.39 Å². The van der Waals surface area contributed by atoms with Crippen molar-refractivity contribution in [2.75, 3.05) is 0 Å². The Morgan fingerprint density at radius 3 is 2.45 bits per heavy atom. The molecule has 1 saturated carbocycles. The van der Waals surface area contributed by atoms with Gasteiger partial charge in [-0.15, -0.1) is 0 Å². The summed E-state index contributed by atoms with van der Waals surface area (Å²) in [6.07, 6.45) is 3.06. The van der Waals surface area contributed by atoms with E-state index in [0.717, 1.165) is 9.13 Å². The van der Waals surface area contributed by atoms with Crippen molar-refractivity contribution < 1.29 is 19.1 Å². The van der Waals surface area contributed by atoms with Gasteiger partial charge in [0.1, 0.15) is 5.82 Å². The molecular weight excluding hydrogens is 510 g/mol. The molecule has 7 heteroatoms. The molecule has 0 bridgehead atoms. The Kier molecular flexibility index (Phi) is 5.57. The molecule has 1 aliphatic rings. The average Bonchev–Trinajstić information content (AvgIpc) is 3.06. The first-order valence-corrected chi connectivity index (χ1v) is 11.2. The van der Waals surface area contributed by atoms with Crippen LogP contribution in [0.5, 0.6) is 0 Å². The molecule has 0 spiro atoms. The maximum absolute atomic E-state index is 14.5. The molecule has 2 aromatic carbocycles. The van der Waals surface area contributed by atoms with E-state index in [1.165, 1.54) is 12.1 Å². The highest BCUT2D eigenvalue weighted by Gasteiger charge is 2.50. The molecule has 31 heavy (non-hydrogen) atoms. The first kappa shape index (κ1) is 21.8. The molecule has 2 N–H and O–H groups in total. The first-order valence-electron chi connectivity index (χ1n) is 10.1. The second-order valence-corrected chi connectivity index (χ2v) is 10.4. The third-order valence-corrected chi connectivity index (χ3v) is 6.73. The number of nitrogens with one attached hydrogen (secondary N) is 1. The van der Waals surface area contributed by atoms with E-state index in [9.17, 15) is 14.0 Å². The van der Waals surface area contributed by atoms with E-state index in [1.54, 1.807) is 12.3 Å². The van der Waals surface area contributed by atoms with Gasteiger partial charge in [-0.05, 0) is 83.7 Å². The molecule has 1 aromatic heterocycles. The molecule has 0 radical (unpaired) electrons. The van der Waals surface area contributed by atoms with E-state index in [-0.39, 0.29) is 23.6 Å². The quantitative estimate of drug-likeness (QED) is 0.428. The molecule has 5 nitrogen and oxygen atoms in total. The summed E-state index contributed by atoms with van der Waals surface area (Å²) in [5.74, 6) is -1.46. The van der Waals surface area contributed by atoms with Crippen LogP contribution < -0.4 is 5.32 Å². The van der Waals surface area contributed by atoms with Crippen LogP contribution in [0.4, 0.5) is 4.39 Å². The lowest BCUT2D eigenvalue weighted by atomic mass is 9.57. The highest BCUT2D eigenvalue weighted by molar-refractivity contribution is 14.1. The number of amides is 1. The molecule has 0 aliphatic heterocycles. The summed E-state index contributed by atoms with van der Waals surface area (Å²) in [5, 5.41) is 12.6. The monoisotopic (exact) mass is 534 g/mol. The van der Waals surface area contributed by atoms with Crippen LogP contribution in [0, 0.1) is 14.8 Å². The van der Waals surface area contributed by atoms with Gasteiger partial charge in [0.15, 0.2) is 0 Å². The number of aromatic nitrogens is 1. The summed E-state index contributed by atoms with van der Waals surface area (Å²) in [6.45, 7) is 4.38. The fraction of sp³-hybridized carbons (Fsp3) is 0.333. The Morgan fingerprint density at radius 1 is 1.13 bits per heavy atom. The number of halogens is 2. The molecule has 162 valence electrons. The van der Waals surface area contributed by atoms with E-state index >= 15 is 0 Å². The normalized spacial score (nSPS) is 22.8. The largest absolute Gasteiger partial charge is 0.481 e. The lowest BCUT2D eigenvalue weighted by molar-refractivity contribution is -0.142. The van der Waals surface area contributed by atoms with Crippen molar-refractivity contribution in [2.45, 2.75) is 45.2 Å². The fourth-order valence-electron chi connectivity index (χ4n) is 5.14. The van der Waals surface area contributed by atoms with Crippen molar-refractivity contribution >= 4 is 45.4 Å². The Balaban J connectivity index is 1.61. The van der Waals surface area contributed by atoms with Crippen molar-refractivity contribution in [1.82, 2.24) is 9.88 Å². The highest BCUT2D eigenvalue weighted by atomic mass is 127. The van der Waals surface area contributed by atoms with Crippen LogP contribution >= 0.6 is 22.6 Å². The topological polar surface area (TPSA) is 71.3 Å². The second-order valence-electron chi connectivity index (χ2n) is 9.18. The standard InChI is InChI=1S/C24H24FIN2O3/c1-23(11-20(29)30)13-24(2,14-23)27-22(31)18-7-8-19(25)17-9-10-28(21(17)18)12-15-3-5-16(26)6-4-15/h3-10H,11-14H2,1-2H3,(H,27,31)(H,29,30). The van der Waals surface area contributed by atoms with E-state index in [0.29, 0.717) is 35.9 Å². The molecule has 1 fully saturated rings. The summed E-state index contributed by atoms with van der Waals surface area (Å²) in [4.78, 5) is 24.3. The minimum absolute atomic E-state index is 0.0815. The summed E-state index contributed by atoms with van der Waals surface area (Å²) in [5.41, 5.74) is 1.24. The number of carboxylic acid groups (broad SMARTS) is 1. The molecular formula is C24H24FIN2O3. The van der Waals surface area contributed by atoms with Crippen molar-refractivity contribution in [3.63, 3.8) is 0 Å². The van der Waals surface area contributed by atoms with Gasteiger partial charge in [-0.3, -0.25) is 9.59 Å². The number of nitrogens with zero attached hydrogens (tertiary/aromatic N) is 1. The Morgan fingerprint density at radius 2 is 1.81 bits per heavy atom. The summed E-state index contributed by atoms with van der Waals surface area (Å²) >= 11 is 2.25. The number of carboxylic acids is 1. The van der Waals surface area contributed by atoms with Crippen LogP contribution in [0.2, 0.25) is 0 Å². The van der Waals surface area contributed by atoms with Gasteiger partial charge in [0, 0.05) is 27.2 Å². The third-order valence-electron chi connectivity index (χ3n) is 6.01. The van der Waals surface area contributed by atoms with Gasteiger partial charge < -0.3 is 15.0 Å². The molecule has 0 saturated heterocycles. The molecule has 1 amide bonds. The average molecular weight is 534 g/mol. The fourth-order valence-corrected chi connectivity index (χ4v) is 5.50. The van der Waals surface area contributed by atoms with Crippen LogP contribution in [0.1, 0.15) is 49.0 Å². The minimum Gasteiger partial charge on any atom is -0.481 e. The molecule has 3 aromatic rings. The number of benzene rings is 2. The van der Waals surface area contributed by atoms with Crippen molar-refractivity contribution in [2.24, 2.45) is 5.41 Å². The lowest BCUT2D eigenvalue weighted by Gasteiger charge is -2.52. The molecule has 0 atom stereocenters. The Hall–Kier alpha value is -2.42. The highest BCUT2D eigenvalue weighted by Crippen LogP contribution is 2.50. The molecule has 1 aliphatic carbocycles. The van der Waals surface area contributed by atoms with Crippen LogP contribution in [-0.2, 0) is 11.3 Å². The van der Waals surface area contributed by atoms with Gasteiger partial charge >= 0.3 is 5.97 Å². The number of carbonyl (C=O) groups is 2. The minimum atomic E-state index is -0.829. The Labute approximate surface area is 193 Å². The molecule has 4 rings (SSSR count). The van der Waals surface area contributed by atoms with Crippen LogP contribution in [0.15, 0.2) is 48.7 Å². The van der Waals surface area contributed by atoms with Gasteiger partial charge in [0.05, 0.1) is 17.5 Å². The van der Waals surface area contributed by atoms with Gasteiger partial charge in [0.2, 0.25) is 0 Å². The van der Waals surface area contributed by atoms with Crippen molar-refractivity contribution in [1.29, 1.82) is 0 Å². The number of hydrogen-bond donors (Lipinski definition) is 2. The summed E-state index contributed by atoms with van der Waals surface area (Å²) in [6, 6.07) is 12.6. The lowest BCUT2D eigenvalue weighted by Crippen LogP contribution is -2.59. The van der Waals surface area contributed by atoms with Crippen molar-refractivity contribution in [3.05, 3.63) is 69.2 Å². The van der Waals surface area contributed by atoms with Crippen LogP contribution in [-0.4, -0.2) is 27.1 Å². The van der Waals surface area contributed by atoms with Gasteiger partial charge in [-0.1, -0.05) is 19.1 Å².